The van der Waals surface area contributed by atoms with Crippen LogP contribution in [-0.4, -0.2) is 150 Å². The van der Waals surface area contributed by atoms with Crippen LogP contribution in [0.4, 0.5) is 0 Å². The van der Waals surface area contributed by atoms with E-state index in [2.05, 4.69) is 31.6 Å². The molecule has 398 valence electrons. The lowest BCUT2D eigenvalue weighted by atomic mass is 9.79. The second-order valence-electron chi connectivity index (χ2n) is 21.8. The van der Waals surface area contributed by atoms with Gasteiger partial charge in [0.05, 0.1) is 62.4 Å². The Morgan fingerprint density at radius 1 is 0.786 bits per heavy atom. The van der Waals surface area contributed by atoms with Crippen LogP contribution in [0, 0.1) is 23.7 Å². The van der Waals surface area contributed by atoms with Crippen molar-refractivity contribution in [1.29, 1.82) is 0 Å². The van der Waals surface area contributed by atoms with E-state index in [-0.39, 0.29) is 73.0 Å². The molecular weight excluding hydrogens is 905 g/mol. The van der Waals surface area contributed by atoms with Gasteiger partial charge in [0.2, 0.25) is 0 Å². The minimum atomic E-state index is -1.26. The zero-order valence-electron chi connectivity index (χ0n) is 42.9. The van der Waals surface area contributed by atoms with Gasteiger partial charge in [0, 0.05) is 64.1 Å². The first-order valence-electron chi connectivity index (χ1n) is 26.6. The van der Waals surface area contributed by atoms with Crippen molar-refractivity contribution in [2.24, 2.45) is 23.7 Å². The van der Waals surface area contributed by atoms with Crippen molar-refractivity contribution in [1.82, 2.24) is 0 Å². The van der Waals surface area contributed by atoms with Crippen LogP contribution in [0.1, 0.15) is 150 Å². The smallest absolute Gasteiger partial charge is 0.335 e. The molecule has 9 bridgehead atoms. The summed E-state index contributed by atoms with van der Waals surface area (Å²) in [7, 11) is 4.56. The highest BCUT2D eigenvalue weighted by molar-refractivity contribution is 5.74. The fourth-order valence-corrected chi connectivity index (χ4v) is 12.2. The fraction of sp³-hybridized carbons (Fsp3) is 0.852. The molecule has 16 heteroatoms. The quantitative estimate of drug-likeness (QED) is 0.141. The summed E-state index contributed by atoms with van der Waals surface area (Å²) in [5, 5.41) is 45.0. The minimum absolute atomic E-state index is 0.00663. The Balaban J connectivity index is 1.12. The summed E-state index contributed by atoms with van der Waals surface area (Å²) in [6.07, 6.45) is 14.2. The van der Waals surface area contributed by atoms with Crippen molar-refractivity contribution in [2.75, 3.05) is 21.3 Å². The number of carbonyl (C=O) groups excluding carboxylic acids is 2. The van der Waals surface area contributed by atoms with Gasteiger partial charge in [0.1, 0.15) is 24.4 Å². The second kappa shape index (κ2) is 24.8. The normalized spacial score (nSPS) is 45.1. The van der Waals surface area contributed by atoms with Crippen LogP contribution in [-0.2, 0) is 57.0 Å². The maximum atomic E-state index is 13.9. The zero-order chi connectivity index (χ0) is 50.2. The monoisotopic (exact) mass is 991 g/mol. The second-order valence-corrected chi connectivity index (χ2v) is 21.8. The average molecular weight is 991 g/mol. The third-order valence-electron chi connectivity index (χ3n) is 16.7. The molecule has 0 radical (unpaired) electrons. The number of carbonyl (C=O) groups is 2. The molecule has 0 aliphatic carbocycles. The van der Waals surface area contributed by atoms with E-state index in [0.29, 0.717) is 77.0 Å². The first-order chi connectivity index (χ1) is 33.5. The fourth-order valence-electron chi connectivity index (χ4n) is 12.2. The number of esters is 2. The zero-order valence-corrected chi connectivity index (χ0v) is 42.9. The van der Waals surface area contributed by atoms with E-state index in [9.17, 15) is 30.0 Å². The summed E-state index contributed by atoms with van der Waals surface area (Å²) in [6, 6.07) is 0. The van der Waals surface area contributed by atoms with E-state index in [1.54, 1.807) is 20.3 Å². The number of hydrogen-bond acceptors (Lipinski definition) is 16. The Morgan fingerprint density at radius 2 is 1.54 bits per heavy atom. The topological polar surface area (TPSA) is 207 Å². The molecule has 20 atom stereocenters. The van der Waals surface area contributed by atoms with Gasteiger partial charge in [-0.2, -0.15) is 0 Å². The Hall–Kier alpha value is -2.32. The summed E-state index contributed by atoms with van der Waals surface area (Å²) < 4.78 is 64.3. The molecule has 4 N–H and O–H groups in total. The van der Waals surface area contributed by atoms with Crippen molar-refractivity contribution in [3.8, 4) is 0 Å². The first-order valence-corrected chi connectivity index (χ1v) is 26.6. The van der Waals surface area contributed by atoms with Crippen molar-refractivity contribution in [3.05, 3.63) is 36.5 Å². The van der Waals surface area contributed by atoms with Gasteiger partial charge in [-0.3, -0.25) is 4.79 Å². The van der Waals surface area contributed by atoms with Crippen LogP contribution in [0.15, 0.2) is 36.5 Å². The molecule has 1 unspecified atom stereocenters. The number of hydrogen-bond donors (Lipinski definition) is 4. The number of ether oxygens (including phenoxy) is 10. The molecule has 7 aliphatic rings. The highest BCUT2D eigenvalue weighted by Crippen LogP contribution is 2.53. The van der Waals surface area contributed by atoms with Crippen LogP contribution < -0.4 is 0 Å². The number of allylic oxidation sites excluding steroid dienone is 2. The lowest BCUT2D eigenvalue weighted by Crippen LogP contribution is -2.60. The molecule has 7 aliphatic heterocycles. The van der Waals surface area contributed by atoms with Gasteiger partial charge in [-0.1, -0.05) is 58.1 Å². The molecule has 3 spiro atoms. The molecule has 7 heterocycles. The van der Waals surface area contributed by atoms with E-state index in [4.69, 9.17) is 42.6 Å². The van der Waals surface area contributed by atoms with Gasteiger partial charge in [-0.25, -0.2) is 4.79 Å². The van der Waals surface area contributed by atoms with Gasteiger partial charge >= 0.3 is 11.9 Å². The molecule has 6 saturated heterocycles. The van der Waals surface area contributed by atoms with E-state index in [1.165, 1.54) is 7.11 Å². The van der Waals surface area contributed by atoms with Crippen molar-refractivity contribution >= 4 is 11.9 Å². The van der Waals surface area contributed by atoms with E-state index >= 15 is 0 Å². The van der Waals surface area contributed by atoms with Crippen LogP contribution in [0.25, 0.3) is 0 Å². The Bertz CT molecular complexity index is 1780. The average Bonchev–Trinajstić information content (AvgIpc) is 3.68. The van der Waals surface area contributed by atoms with E-state index in [0.717, 1.165) is 32.1 Å². The third-order valence-corrected chi connectivity index (χ3v) is 16.7. The molecule has 16 nitrogen and oxygen atoms in total. The lowest BCUT2D eigenvalue weighted by Gasteiger charge is -2.54. The van der Waals surface area contributed by atoms with Gasteiger partial charge in [0.15, 0.2) is 23.5 Å². The SMILES string of the molecule is COC(=O)[C@H](O)C/C=C\C/C=C\C[C@@H]1O[C@@]23C[C@@H]1OC(=O)C[C@H]1CCC[C@@H](C[C@@H](O)CCCC4O[C@]5(C=C[C@@H]4C)CC[C@H](OC)[C@H](O5)[C@@H](O)[C@@H](O)[C@@H](C)CC[C@H]4O[C@@](CC[C@@H]2C)(C[C@@H](OC)[C@@H]4C)O3)O1. The first kappa shape index (κ1) is 55.4. The third kappa shape index (κ3) is 13.5. The molecular formula is C54H86O16. The summed E-state index contributed by atoms with van der Waals surface area (Å²) in [6.45, 7) is 8.28. The van der Waals surface area contributed by atoms with Crippen molar-refractivity contribution in [2.45, 2.75) is 246 Å². The van der Waals surface area contributed by atoms with Crippen LogP contribution in [0.5, 0.6) is 0 Å². The maximum absolute atomic E-state index is 13.9. The highest BCUT2D eigenvalue weighted by atomic mass is 16.8. The molecule has 0 aromatic rings. The lowest BCUT2D eigenvalue weighted by molar-refractivity contribution is -0.419. The maximum Gasteiger partial charge on any atom is 0.335 e. The predicted molar refractivity (Wildman–Crippen MR) is 257 cm³/mol. The number of aliphatic hydroxyl groups excluding tert-OH is 4. The highest BCUT2D eigenvalue weighted by Gasteiger charge is 2.61. The summed E-state index contributed by atoms with van der Waals surface area (Å²) in [5.74, 6) is -4.60. The summed E-state index contributed by atoms with van der Waals surface area (Å²) in [5.41, 5.74) is 0. The summed E-state index contributed by atoms with van der Waals surface area (Å²) in [4.78, 5) is 25.6. The number of aliphatic hydroxyl groups is 4. The van der Waals surface area contributed by atoms with Gasteiger partial charge < -0.3 is 67.8 Å². The Kier molecular flexibility index (Phi) is 19.6. The number of methoxy groups -OCH3 is 3. The Labute approximate surface area is 416 Å². The van der Waals surface area contributed by atoms with Crippen LogP contribution in [0.3, 0.4) is 0 Å². The molecule has 0 aromatic carbocycles. The van der Waals surface area contributed by atoms with E-state index in [1.807, 2.05) is 31.2 Å². The minimum Gasteiger partial charge on any atom is -0.467 e. The van der Waals surface area contributed by atoms with Gasteiger partial charge in [0.25, 0.3) is 0 Å². The van der Waals surface area contributed by atoms with Crippen LogP contribution in [0.2, 0.25) is 0 Å². The van der Waals surface area contributed by atoms with Gasteiger partial charge in [-0.05, 0) is 95.5 Å². The number of rotatable bonds is 9. The van der Waals surface area contributed by atoms with Crippen LogP contribution >= 0.6 is 0 Å². The summed E-state index contributed by atoms with van der Waals surface area (Å²) >= 11 is 0. The van der Waals surface area contributed by atoms with Crippen molar-refractivity contribution in [3.63, 3.8) is 0 Å². The van der Waals surface area contributed by atoms with Gasteiger partial charge in [-0.15, -0.1) is 0 Å². The predicted octanol–water partition coefficient (Wildman–Crippen LogP) is 6.67. The molecule has 6 fully saturated rings. The molecule has 7 rings (SSSR count). The Morgan fingerprint density at radius 3 is 2.31 bits per heavy atom. The molecule has 70 heavy (non-hydrogen) atoms. The standard InChI is InChI=1S/C54H86O16/c1-33-23-26-52-28-25-44(61-5)50(69-52)49(59)48(58)34(2)21-22-42-36(4)45(62-6)31-53(67-42)27-24-35(3)54(70-53)32-46(43(68-54)19-12-10-8-9-11-18-40(56)51(60)63-7)65-47(57)30-39-17-14-16-38(64-39)29-37(55)15-13-20-41(33)66-52/h9-12,23,26,33-46,48-50,55-56,58-59H,8,13-22,24-25,27-32H2,1-7H3/b11-9-,12-10-/t33-,34-,35-,36+,37-,38-,39+,40+,41?,42+,43-,44-,45+,46-,48-,49-,50-,52-,53+,54+/m0/s1. The largest absolute Gasteiger partial charge is 0.467 e. The molecule has 0 aromatic heterocycles. The van der Waals surface area contributed by atoms with Crippen molar-refractivity contribution < 1.29 is 77.4 Å². The molecule has 0 saturated carbocycles. The molecule has 0 amide bonds. The van der Waals surface area contributed by atoms with E-state index < -0.39 is 72.2 Å². The number of fused-ring (bicyclic) bond motifs is 6.